The lowest BCUT2D eigenvalue weighted by Gasteiger charge is -2.35. The van der Waals surface area contributed by atoms with Gasteiger partial charge in [0.2, 0.25) is 5.91 Å². The van der Waals surface area contributed by atoms with Crippen molar-refractivity contribution < 1.29 is 9.53 Å². The third-order valence-electron chi connectivity index (χ3n) is 4.97. The average Bonchev–Trinajstić information content (AvgIpc) is 2.70. The van der Waals surface area contributed by atoms with E-state index in [1.807, 2.05) is 48.5 Å². The minimum Gasteiger partial charge on any atom is -0.379 e. The molecule has 1 aliphatic rings. The van der Waals surface area contributed by atoms with Gasteiger partial charge in [0.15, 0.2) is 0 Å². The van der Waals surface area contributed by atoms with Gasteiger partial charge < -0.3 is 15.8 Å². The first-order valence-electron chi connectivity index (χ1n) is 9.08. The predicted octanol–water partition coefficient (Wildman–Crippen LogP) is 2.05. The van der Waals surface area contributed by atoms with Crippen LogP contribution >= 0.6 is 0 Å². The normalized spacial score (nSPS) is 18.7. The number of carbonyl (C=O) groups is 1. The fraction of sp³-hybridized carbons (Fsp3) is 0.381. The largest absolute Gasteiger partial charge is 0.379 e. The second kappa shape index (κ2) is 8.45. The molecular formula is C21H27N3O2. The molecule has 0 spiro atoms. The second-order valence-electron chi connectivity index (χ2n) is 6.85. The number of nitrogens with zero attached hydrogens (tertiary/aromatic N) is 1. The van der Waals surface area contributed by atoms with Crippen molar-refractivity contribution in [1.29, 1.82) is 0 Å². The molecule has 138 valence electrons. The minimum atomic E-state index is -1.06. The van der Waals surface area contributed by atoms with Crippen LogP contribution in [0.4, 0.5) is 0 Å². The molecule has 0 bridgehead atoms. The van der Waals surface area contributed by atoms with Gasteiger partial charge in [0, 0.05) is 19.6 Å². The summed E-state index contributed by atoms with van der Waals surface area (Å²) < 4.78 is 5.47. The average molecular weight is 353 g/mol. The molecule has 5 nitrogen and oxygen atoms in total. The van der Waals surface area contributed by atoms with Crippen LogP contribution in [0.15, 0.2) is 60.7 Å². The van der Waals surface area contributed by atoms with Crippen molar-refractivity contribution in [3.05, 3.63) is 71.8 Å². The smallest absolute Gasteiger partial charge is 0.244 e. The summed E-state index contributed by atoms with van der Waals surface area (Å²) in [6.45, 7) is 5.42. The molecule has 1 heterocycles. The molecule has 1 amide bonds. The van der Waals surface area contributed by atoms with Crippen LogP contribution in [-0.2, 0) is 15.1 Å². The number of amides is 1. The first-order chi connectivity index (χ1) is 12.6. The SMILES string of the molecule is CC(N)(C(=O)NCC(c1ccccc1)N1CCOCC1)c1ccccc1. The number of morpholine rings is 1. The maximum Gasteiger partial charge on any atom is 0.244 e. The van der Waals surface area contributed by atoms with Crippen LogP contribution < -0.4 is 11.1 Å². The van der Waals surface area contributed by atoms with Gasteiger partial charge in [-0.15, -0.1) is 0 Å². The topological polar surface area (TPSA) is 67.6 Å². The van der Waals surface area contributed by atoms with Crippen LogP contribution in [0, 0.1) is 0 Å². The minimum absolute atomic E-state index is 0.107. The molecule has 0 aliphatic carbocycles. The zero-order valence-electron chi connectivity index (χ0n) is 15.2. The first kappa shape index (κ1) is 18.6. The fourth-order valence-corrected chi connectivity index (χ4v) is 3.31. The molecule has 1 fully saturated rings. The summed E-state index contributed by atoms with van der Waals surface area (Å²) in [5.74, 6) is -0.169. The van der Waals surface area contributed by atoms with E-state index in [0.29, 0.717) is 6.54 Å². The molecule has 3 rings (SSSR count). The van der Waals surface area contributed by atoms with E-state index >= 15 is 0 Å². The highest BCUT2D eigenvalue weighted by atomic mass is 16.5. The van der Waals surface area contributed by atoms with Gasteiger partial charge in [0.05, 0.1) is 19.3 Å². The Balaban J connectivity index is 1.72. The Hall–Kier alpha value is -2.21. The Morgan fingerprint density at radius 1 is 1.12 bits per heavy atom. The number of hydrogen-bond donors (Lipinski definition) is 2. The zero-order chi connectivity index (χ0) is 18.4. The van der Waals surface area contributed by atoms with E-state index in [2.05, 4.69) is 22.3 Å². The predicted molar refractivity (Wildman–Crippen MR) is 103 cm³/mol. The number of hydrogen-bond acceptors (Lipinski definition) is 4. The van der Waals surface area contributed by atoms with Crippen molar-refractivity contribution >= 4 is 5.91 Å². The van der Waals surface area contributed by atoms with Gasteiger partial charge in [0.1, 0.15) is 5.54 Å². The van der Waals surface area contributed by atoms with Gasteiger partial charge in [-0.25, -0.2) is 0 Å². The molecule has 2 atom stereocenters. The van der Waals surface area contributed by atoms with Crippen LogP contribution in [0.5, 0.6) is 0 Å². The van der Waals surface area contributed by atoms with E-state index in [1.54, 1.807) is 6.92 Å². The van der Waals surface area contributed by atoms with Gasteiger partial charge in [-0.05, 0) is 18.1 Å². The molecule has 1 aliphatic heterocycles. The monoisotopic (exact) mass is 353 g/mol. The van der Waals surface area contributed by atoms with E-state index in [4.69, 9.17) is 10.5 Å². The Morgan fingerprint density at radius 3 is 2.31 bits per heavy atom. The van der Waals surface area contributed by atoms with Crippen molar-refractivity contribution in [2.45, 2.75) is 18.5 Å². The lowest BCUT2D eigenvalue weighted by Crippen LogP contribution is -2.51. The van der Waals surface area contributed by atoms with E-state index < -0.39 is 5.54 Å². The van der Waals surface area contributed by atoms with Gasteiger partial charge in [-0.2, -0.15) is 0 Å². The van der Waals surface area contributed by atoms with Crippen molar-refractivity contribution in [3.8, 4) is 0 Å². The van der Waals surface area contributed by atoms with Crippen LogP contribution in [0.3, 0.4) is 0 Å². The molecule has 1 saturated heterocycles. The molecule has 26 heavy (non-hydrogen) atoms. The third-order valence-corrected chi connectivity index (χ3v) is 4.97. The highest BCUT2D eigenvalue weighted by Gasteiger charge is 2.31. The molecule has 2 unspecified atom stereocenters. The number of carbonyl (C=O) groups excluding carboxylic acids is 1. The van der Waals surface area contributed by atoms with Gasteiger partial charge >= 0.3 is 0 Å². The summed E-state index contributed by atoms with van der Waals surface area (Å²) in [7, 11) is 0. The Morgan fingerprint density at radius 2 is 1.69 bits per heavy atom. The number of nitrogens with one attached hydrogen (secondary N) is 1. The van der Waals surface area contributed by atoms with E-state index in [1.165, 1.54) is 5.56 Å². The summed E-state index contributed by atoms with van der Waals surface area (Å²) in [6, 6.07) is 19.9. The van der Waals surface area contributed by atoms with Crippen molar-refractivity contribution in [2.24, 2.45) is 5.73 Å². The summed E-state index contributed by atoms with van der Waals surface area (Å²) >= 11 is 0. The van der Waals surface area contributed by atoms with E-state index in [9.17, 15) is 4.79 Å². The first-order valence-corrected chi connectivity index (χ1v) is 9.08. The molecule has 0 aromatic heterocycles. The van der Waals surface area contributed by atoms with E-state index in [0.717, 1.165) is 31.9 Å². The lowest BCUT2D eigenvalue weighted by atomic mass is 9.92. The maximum atomic E-state index is 12.8. The number of ether oxygens (including phenoxy) is 1. The van der Waals surface area contributed by atoms with Gasteiger partial charge in [0.25, 0.3) is 0 Å². The van der Waals surface area contributed by atoms with Gasteiger partial charge in [-0.3, -0.25) is 9.69 Å². The summed E-state index contributed by atoms with van der Waals surface area (Å²) in [5, 5.41) is 3.07. The Labute approximate surface area is 155 Å². The van der Waals surface area contributed by atoms with Crippen LogP contribution in [0.25, 0.3) is 0 Å². The van der Waals surface area contributed by atoms with E-state index in [-0.39, 0.29) is 11.9 Å². The Bertz CT molecular complexity index is 698. The zero-order valence-corrected chi connectivity index (χ0v) is 15.2. The van der Waals surface area contributed by atoms with Crippen molar-refractivity contribution in [3.63, 3.8) is 0 Å². The highest BCUT2D eigenvalue weighted by Crippen LogP contribution is 2.22. The summed E-state index contributed by atoms with van der Waals surface area (Å²) in [4.78, 5) is 15.2. The molecule has 2 aromatic carbocycles. The van der Waals surface area contributed by atoms with Crippen LogP contribution in [0.1, 0.15) is 24.1 Å². The van der Waals surface area contributed by atoms with Crippen molar-refractivity contribution in [2.75, 3.05) is 32.8 Å². The molecule has 0 radical (unpaired) electrons. The summed E-state index contributed by atoms with van der Waals surface area (Å²) in [6.07, 6.45) is 0. The fourth-order valence-electron chi connectivity index (χ4n) is 3.31. The molecular weight excluding hydrogens is 326 g/mol. The maximum absolute atomic E-state index is 12.8. The van der Waals surface area contributed by atoms with Crippen LogP contribution in [-0.4, -0.2) is 43.7 Å². The van der Waals surface area contributed by atoms with Crippen molar-refractivity contribution in [1.82, 2.24) is 10.2 Å². The molecule has 2 aromatic rings. The van der Waals surface area contributed by atoms with Crippen LogP contribution in [0.2, 0.25) is 0 Å². The number of rotatable bonds is 6. The number of nitrogens with two attached hydrogens (primary N) is 1. The molecule has 0 saturated carbocycles. The third kappa shape index (κ3) is 4.30. The Kier molecular flexibility index (Phi) is 6.04. The molecule has 3 N–H and O–H groups in total. The molecule has 5 heteroatoms. The quantitative estimate of drug-likeness (QED) is 0.834. The summed E-state index contributed by atoms with van der Waals surface area (Å²) in [5.41, 5.74) is 7.27. The highest BCUT2D eigenvalue weighted by molar-refractivity contribution is 5.87. The number of benzene rings is 2. The van der Waals surface area contributed by atoms with Gasteiger partial charge in [-0.1, -0.05) is 60.7 Å². The lowest BCUT2D eigenvalue weighted by molar-refractivity contribution is -0.126. The standard InChI is InChI=1S/C21H27N3O2/c1-21(22,18-10-6-3-7-11-18)20(25)23-16-19(17-8-4-2-5-9-17)24-12-14-26-15-13-24/h2-11,19H,12-16,22H2,1H3,(H,23,25). The second-order valence-corrected chi connectivity index (χ2v) is 6.85.